The van der Waals surface area contributed by atoms with E-state index in [4.69, 9.17) is 5.73 Å². The molecule has 0 aliphatic carbocycles. The maximum atomic E-state index is 11.8. The van der Waals surface area contributed by atoms with Crippen molar-refractivity contribution < 1.29 is 5.21 Å². The molecule has 4 aromatic rings. The number of hydrogen-bond acceptors (Lipinski definition) is 6. The van der Waals surface area contributed by atoms with Crippen molar-refractivity contribution in [1.82, 2.24) is 24.7 Å². The molecule has 0 saturated heterocycles. The number of pyridine rings is 1. The van der Waals surface area contributed by atoms with E-state index in [0.717, 1.165) is 10.1 Å². The fourth-order valence-electron chi connectivity index (χ4n) is 2.38. The van der Waals surface area contributed by atoms with Crippen molar-refractivity contribution >= 4 is 34.0 Å². The molecular weight excluding hydrogens is 298 g/mol. The van der Waals surface area contributed by atoms with E-state index in [1.165, 1.54) is 6.20 Å². The van der Waals surface area contributed by atoms with E-state index in [1.54, 1.807) is 12.1 Å². The number of H-pyrrole nitrogens is 2. The third-order valence-corrected chi connectivity index (χ3v) is 3.39. The summed E-state index contributed by atoms with van der Waals surface area (Å²) in [6.45, 7) is 0. The number of rotatable bonds is 1. The van der Waals surface area contributed by atoms with Gasteiger partial charge in [0.25, 0.3) is 5.56 Å². The summed E-state index contributed by atoms with van der Waals surface area (Å²) in [5, 5.41) is 11.2. The standard InChI is InChI=1S/C14H11N7O2/c15-13-18-11-10(12(22)20-13)17-14(19-11)16-8-5-6-21(23)9-4-2-1-3-7(8)9/h1-6,23H,(H4,15,17,18,19,20,22). The normalized spacial score (nSPS) is 12.3. The van der Waals surface area contributed by atoms with Crippen molar-refractivity contribution in [3.8, 4) is 0 Å². The Bertz CT molecular complexity index is 1170. The van der Waals surface area contributed by atoms with Gasteiger partial charge in [-0.3, -0.25) is 9.78 Å². The number of fused-ring (bicyclic) bond motifs is 2. The quantitative estimate of drug-likeness (QED) is 0.382. The average molecular weight is 309 g/mol. The second-order valence-electron chi connectivity index (χ2n) is 4.88. The molecule has 9 nitrogen and oxygen atoms in total. The first-order valence-corrected chi connectivity index (χ1v) is 6.72. The summed E-state index contributed by atoms with van der Waals surface area (Å²) in [6.07, 6.45) is 1.48. The summed E-state index contributed by atoms with van der Waals surface area (Å²) >= 11 is 0. The van der Waals surface area contributed by atoms with Crippen molar-refractivity contribution in [2.75, 3.05) is 5.73 Å². The van der Waals surface area contributed by atoms with Gasteiger partial charge in [-0.25, -0.2) is 4.99 Å². The lowest BCUT2D eigenvalue weighted by Crippen LogP contribution is -2.10. The number of imidazole rings is 1. The molecule has 3 aromatic heterocycles. The largest absolute Gasteiger partial charge is 0.428 e. The van der Waals surface area contributed by atoms with Gasteiger partial charge in [-0.2, -0.15) is 14.7 Å². The molecule has 0 spiro atoms. The molecule has 0 aliphatic heterocycles. The highest BCUT2D eigenvalue weighted by molar-refractivity contribution is 5.78. The molecule has 114 valence electrons. The van der Waals surface area contributed by atoms with Gasteiger partial charge in [-0.15, -0.1) is 0 Å². The molecule has 0 unspecified atom stereocenters. The zero-order chi connectivity index (χ0) is 16.0. The first kappa shape index (κ1) is 13.1. The first-order valence-electron chi connectivity index (χ1n) is 6.72. The monoisotopic (exact) mass is 309 g/mol. The van der Waals surface area contributed by atoms with E-state index in [0.29, 0.717) is 10.9 Å². The van der Waals surface area contributed by atoms with E-state index in [1.807, 2.05) is 18.2 Å². The summed E-state index contributed by atoms with van der Waals surface area (Å²) in [5.74, 6) is 0.219. The molecular formula is C14H11N7O2. The van der Waals surface area contributed by atoms with Gasteiger partial charge in [0.15, 0.2) is 11.2 Å². The van der Waals surface area contributed by atoms with Crippen LogP contribution < -0.4 is 16.7 Å². The van der Waals surface area contributed by atoms with E-state index < -0.39 is 5.56 Å². The van der Waals surface area contributed by atoms with Crippen LogP contribution in [0.4, 0.5) is 11.9 Å². The number of aromatic amines is 2. The smallest absolute Gasteiger partial charge is 0.278 e. The van der Waals surface area contributed by atoms with E-state index >= 15 is 0 Å². The maximum absolute atomic E-state index is 11.8. The Morgan fingerprint density at radius 3 is 2.87 bits per heavy atom. The minimum atomic E-state index is -0.410. The molecule has 3 heterocycles. The summed E-state index contributed by atoms with van der Waals surface area (Å²) in [7, 11) is 0. The van der Waals surface area contributed by atoms with Crippen LogP contribution >= 0.6 is 0 Å². The number of aromatic nitrogens is 5. The van der Waals surface area contributed by atoms with Crippen LogP contribution in [0.5, 0.6) is 0 Å². The highest BCUT2D eigenvalue weighted by Gasteiger charge is 2.08. The fraction of sp³-hybridized carbons (Fsp3) is 0. The Labute approximate surface area is 127 Å². The highest BCUT2D eigenvalue weighted by Crippen LogP contribution is 2.12. The summed E-state index contributed by atoms with van der Waals surface area (Å²) in [5.41, 5.74) is 6.09. The van der Waals surface area contributed by atoms with Crippen molar-refractivity contribution in [1.29, 1.82) is 0 Å². The van der Waals surface area contributed by atoms with Gasteiger partial charge in [0, 0.05) is 11.6 Å². The Balaban J connectivity index is 2.00. The Kier molecular flexibility index (Phi) is 2.67. The van der Waals surface area contributed by atoms with Gasteiger partial charge in [0.2, 0.25) is 11.9 Å². The van der Waals surface area contributed by atoms with E-state index in [-0.39, 0.29) is 23.1 Å². The topological polar surface area (TPSA) is 138 Å². The van der Waals surface area contributed by atoms with Crippen LogP contribution in [0.25, 0.3) is 22.1 Å². The van der Waals surface area contributed by atoms with Gasteiger partial charge in [-0.05, 0) is 12.1 Å². The predicted octanol–water partition coefficient (Wildman–Crippen LogP) is 0.653. The Hall–Kier alpha value is -3.62. The van der Waals surface area contributed by atoms with E-state index in [9.17, 15) is 10.0 Å². The minimum Gasteiger partial charge on any atom is -0.428 e. The van der Waals surface area contributed by atoms with E-state index in [2.05, 4.69) is 24.9 Å². The molecule has 0 saturated carbocycles. The molecule has 0 atom stereocenters. The molecule has 0 radical (unpaired) electrons. The number of nitrogens with one attached hydrogen (secondary N) is 2. The molecule has 23 heavy (non-hydrogen) atoms. The Morgan fingerprint density at radius 2 is 2.00 bits per heavy atom. The number of nitrogens with zero attached hydrogens (tertiary/aromatic N) is 4. The Morgan fingerprint density at radius 1 is 1.17 bits per heavy atom. The van der Waals surface area contributed by atoms with Crippen LogP contribution in [0.1, 0.15) is 0 Å². The number of nitrogens with two attached hydrogens (primary N) is 1. The zero-order valence-corrected chi connectivity index (χ0v) is 11.7. The van der Waals surface area contributed by atoms with Crippen molar-refractivity contribution in [2.24, 2.45) is 4.99 Å². The lowest BCUT2D eigenvalue weighted by atomic mass is 10.2. The first-order chi connectivity index (χ1) is 11.1. The number of benzene rings is 1. The molecule has 0 bridgehead atoms. The molecule has 0 amide bonds. The second-order valence-corrected chi connectivity index (χ2v) is 4.88. The zero-order valence-electron chi connectivity index (χ0n) is 11.7. The van der Waals surface area contributed by atoms with Crippen LogP contribution in [0.2, 0.25) is 0 Å². The number of hydrogen-bond donors (Lipinski definition) is 4. The fourth-order valence-corrected chi connectivity index (χ4v) is 2.38. The van der Waals surface area contributed by atoms with Crippen LogP contribution in [-0.4, -0.2) is 29.9 Å². The number of nitrogen functional groups attached to an aromatic ring is 1. The molecule has 5 N–H and O–H groups in total. The molecule has 0 aliphatic rings. The lowest BCUT2D eigenvalue weighted by Gasteiger charge is -2.03. The molecule has 9 heteroatoms. The lowest BCUT2D eigenvalue weighted by molar-refractivity contribution is 0.198. The SMILES string of the molecule is Nc1nc2nc(N=c3ccn(O)c4ccccc34)[nH]c2c(=O)[nH]1. The minimum absolute atomic E-state index is 0.00738. The predicted molar refractivity (Wildman–Crippen MR) is 83.3 cm³/mol. The van der Waals surface area contributed by atoms with Crippen LogP contribution in [-0.2, 0) is 0 Å². The second kappa shape index (κ2) is 4.70. The van der Waals surface area contributed by atoms with Crippen molar-refractivity contribution in [3.05, 3.63) is 52.2 Å². The number of para-hydroxylation sites is 1. The summed E-state index contributed by atoms with van der Waals surface area (Å²) < 4.78 is 1.01. The molecule has 0 fully saturated rings. The van der Waals surface area contributed by atoms with Gasteiger partial charge >= 0.3 is 0 Å². The van der Waals surface area contributed by atoms with Crippen LogP contribution in [0, 0.1) is 0 Å². The van der Waals surface area contributed by atoms with Gasteiger partial charge < -0.3 is 15.9 Å². The third-order valence-electron chi connectivity index (χ3n) is 3.39. The van der Waals surface area contributed by atoms with Gasteiger partial charge in [0.1, 0.15) is 0 Å². The molecule has 4 rings (SSSR count). The molecule has 1 aromatic carbocycles. The van der Waals surface area contributed by atoms with Crippen LogP contribution in [0.15, 0.2) is 46.3 Å². The maximum Gasteiger partial charge on any atom is 0.278 e. The van der Waals surface area contributed by atoms with Crippen molar-refractivity contribution in [2.45, 2.75) is 0 Å². The van der Waals surface area contributed by atoms with Gasteiger partial charge in [0.05, 0.1) is 10.9 Å². The number of anilines is 1. The summed E-state index contributed by atoms with van der Waals surface area (Å²) in [6, 6.07) is 8.88. The van der Waals surface area contributed by atoms with Crippen molar-refractivity contribution in [3.63, 3.8) is 0 Å². The van der Waals surface area contributed by atoms with Crippen LogP contribution in [0.3, 0.4) is 0 Å². The highest BCUT2D eigenvalue weighted by atomic mass is 16.5. The average Bonchev–Trinajstić information content (AvgIpc) is 2.93. The summed E-state index contributed by atoms with van der Waals surface area (Å²) in [4.78, 5) is 29.5. The van der Waals surface area contributed by atoms with Gasteiger partial charge in [-0.1, -0.05) is 18.2 Å². The third kappa shape index (κ3) is 2.11.